The Labute approximate surface area is 196 Å². The van der Waals surface area contributed by atoms with Crippen molar-refractivity contribution in [2.24, 2.45) is 5.92 Å². The molecule has 1 aromatic heterocycles. The first-order valence-electron chi connectivity index (χ1n) is 11.2. The van der Waals surface area contributed by atoms with Crippen LogP contribution in [-0.4, -0.2) is 54.5 Å². The smallest absolute Gasteiger partial charge is 0.368 e. The predicted octanol–water partition coefficient (Wildman–Crippen LogP) is 3.24. The van der Waals surface area contributed by atoms with Crippen LogP contribution in [0.5, 0.6) is 0 Å². The summed E-state index contributed by atoms with van der Waals surface area (Å²) in [6.45, 7) is 5.78. The van der Waals surface area contributed by atoms with Gasteiger partial charge in [0.15, 0.2) is 0 Å². The van der Waals surface area contributed by atoms with Crippen molar-refractivity contribution in [3.8, 4) is 0 Å². The van der Waals surface area contributed by atoms with E-state index in [4.69, 9.17) is 0 Å². The molecule has 2 heterocycles. The fraction of sp³-hybridized carbons (Fsp3) is 0.458. The third-order valence-corrected chi connectivity index (χ3v) is 5.85. The molecule has 0 bridgehead atoms. The van der Waals surface area contributed by atoms with E-state index >= 15 is 0 Å². The topological polar surface area (TPSA) is 74.7 Å². The molecule has 7 nitrogen and oxygen atoms in total. The summed E-state index contributed by atoms with van der Waals surface area (Å²) in [7, 11) is 1.42. The van der Waals surface area contributed by atoms with Gasteiger partial charge in [0.1, 0.15) is 11.1 Å². The fourth-order valence-electron chi connectivity index (χ4n) is 3.83. The van der Waals surface area contributed by atoms with Gasteiger partial charge in [-0.15, -0.1) is 0 Å². The zero-order chi connectivity index (χ0) is 25.0. The Morgan fingerprint density at radius 3 is 2.29 bits per heavy atom. The lowest BCUT2D eigenvalue weighted by atomic mass is 10.1. The standard InChI is InChI=1S/C24H29F3N4O3/c1-16(2)7-8-29-14-19(22(33)28-3)21(32)20(15-29)23(34)31-11-9-30(10-12-31)18-6-4-5-17(13-18)24(25,26)27/h4-6,13-16H,7-12H2,1-3H3,(H,28,33). The van der Waals surface area contributed by atoms with Crippen LogP contribution in [0.2, 0.25) is 0 Å². The van der Waals surface area contributed by atoms with E-state index in [1.165, 1.54) is 30.4 Å². The molecule has 10 heteroatoms. The van der Waals surface area contributed by atoms with Crippen LogP contribution in [-0.2, 0) is 12.7 Å². The number of amides is 2. The zero-order valence-electron chi connectivity index (χ0n) is 19.5. The van der Waals surface area contributed by atoms with Gasteiger partial charge in [-0.05, 0) is 30.5 Å². The summed E-state index contributed by atoms with van der Waals surface area (Å²) in [5.41, 5.74) is -1.11. The first kappa shape index (κ1) is 25.3. The summed E-state index contributed by atoms with van der Waals surface area (Å²) in [4.78, 5) is 41.7. The normalized spacial score (nSPS) is 14.4. The highest BCUT2D eigenvalue weighted by molar-refractivity contribution is 5.99. The van der Waals surface area contributed by atoms with Gasteiger partial charge in [-0.1, -0.05) is 19.9 Å². The van der Waals surface area contributed by atoms with Crippen LogP contribution in [0, 0.1) is 5.92 Å². The summed E-state index contributed by atoms with van der Waals surface area (Å²) in [5, 5.41) is 2.44. The van der Waals surface area contributed by atoms with Crippen molar-refractivity contribution in [1.82, 2.24) is 14.8 Å². The van der Waals surface area contributed by atoms with Gasteiger partial charge in [-0.2, -0.15) is 13.2 Å². The minimum Gasteiger partial charge on any atom is -0.368 e. The van der Waals surface area contributed by atoms with Crippen LogP contribution in [0.1, 0.15) is 46.5 Å². The Morgan fingerprint density at radius 2 is 1.71 bits per heavy atom. The van der Waals surface area contributed by atoms with Crippen molar-refractivity contribution in [1.29, 1.82) is 0 Å². The molecule has 1 aliphatic heterocycles. The molecule has 0 unspecified atom stereocenters. The number of aromatic nitrogens is 1. The summed E-state index contributed by atoms with van der Waals surface area (Å²) in [6, 6.07) is 5.08. The maximum atomic E-state index is 13.2. The van der Waals surface area contributed by atoms with Crippen LogP contribution in [0.25, 0.3) is 0 Å². The van der Waals surface area contributed by atoms with Crippen LogP contribution >= 0.6 is 0 Å². The third-order valence-electron chi connectivity index (χ3n) is 5.85. The predicted molar refractivity (Wildman–Crippen MR) is 123 cm³/mol. The number of hydrogen-bond donors (Lipinski definition) is 1. The van der Waals surface area contributed by atoms with Crippen LogP contribution in [0.15, 0.2) is 41.5 Å². The number of carbonyl (C=O) groups is 2. The SMILES string of the molecule is CNC(=O)c1cn(CCC(C)C)cc(C(=O)N2CCN(c3cccc(C(F)(F)F)c3)CC2)c1=O. The number of benzene rings is 1. The Kier molecular flexibility index (Phi) is 7.68. The number of rotatable bonds is 6. The molecule has 3 rings (SSSR count). The van der Waals surface area contributed by atoms with E-state index in [9.17, 15) is 27.6 Å². The summed E-state index contributed by atoms with van der Waals surface area (Å²) in [6.07, 6.45) is -0.678. The van der Waals surface area contributed by atoms with Crippen molar-refractivity contribution in [3.63, 3.8) is 0 Å². The molecule has 1 N–H and O–H groups in total. The van der Waals surface area contributed by atoms with Gasteiger partial charge in [-0.25, -0.2) is 0 Å². The number of carbonyl (C=O) groups excluding carboxylic acids is 2. The minimum absolute atomic E-state index is 0.0858. The van der Waals surface area contributed by atoms with Gasteiger partial charge in [0.05, 0.1) is 5.56 Å². The second-order valence-corrected chi connectivity index (χ2v) is 8.74. The van der Waals surface area contributed by atoms with Crippen LogP contribution in [0.3, 0.4) is 0 Å². The number of aryl methyl sites for hydroxylation is 1. The number of piperazine rings is 1. The molecule has 0 atom stereocenters. The number of hydrogen-bond acceptors (Lipinski definition) is 4. The average molecular weight is 479 g/mol. The van der Waals surface area contributed by atoms with E-state index in [2.05, 4.69) is 19.2 Å². The first-order valence-corrected chi connectivity index (χ1v) is 11.2. The van der Waals surface area contributed by atoms with Crippen LogP contribution in [0.4, 0.5) is 18.9 Å². The summed E-state index contributed by atoms with van der Waals surface area (Å²) >= 11 is 0. The minimum atomic E-state index is -4.43. The molecule has 2 aromatic rings. The van der Waals surface area contributed by atoms with Crippen molar-refractivity contribution in [2.45, 2.75) is 33.0 Å². The monoisotopic (exact) mass is 478 g/mol. The fourth-order valence-corrected chi connectivity index (χ4v) is 3.83. The molecular formula is C24H29F3N4O3. The molecule has 1 saturated heterocycles. The highest BCUT2D eigenvalue weighted by Crippen LogP contribution is 2.32. The van der Waals surface area contributed by atoms with Gasteiger partial charge in [0, 0.05) is 57.9 Å². The lowest BCUT2D eigenvalue weighted by molar-refractivity contribution is -0.137. The lowest BCUT2D eigenvalue weighted by Crippen LogP contribution is -2.50. The number of pyridine rings is 1. The van der Waals surface area contributed by atoms with Crippen molar-refractivity contribution >= 4 is 17.5 Å². The molecule has 0 radical (unpaired) electrons. The molecule has 1 fully saturated rings. The summed E-state index contributed by atoms with van der Waals surface area (Å²) in [5.74, 6) is -0.656. The van der Waals surface area contributed by atoms with Gasteiger partial charge in [0.2, 0.25) is 5.43 Å². The van der Waals surface area contributed by atoms with E-state index in [-0.39, 0.29) is 24.2 Å². The number of halogens is 3. The van der Waals surface area contributed by atoms with Crippen LogP contribution < -0.4 is 15.6 Å². The van der Waals surface area contributed by atoms with E-state index in [1.54, 1.807) is 15.5 Å². The van der Waals surface area contributed by atoms with Crippen molar-refractivity contribution < 1.29 is 22.8 Å². The largest absolute Gasteiger partial charge is 0.416 e. The highest BCUT2D eigenvalue weighted by atomic mass is 19.4. The maximum absolute atomic E-state index is 13.2. The molecule has 1 aromatic carbocycles. The van der Waals surface area contributed by atoms with E-state index < -0.39 is 29.0 Å². The van der Waals surface area contributed by atoms with Gasteiger partial charge in [0.25, 0.3) is 11.8 Å². The molecule has 34 heavy (non-hydrogen) atoms. The maximum Gasteiger partial charge on any atom is 0.416 e. The van der Waals surface area contributed by atoms with Crippen molar-refractivity contribution in [3.05, 3.63) is 63.6 Å². The second-order valence-electron chi connectivity index (χ2n) is 8.74. The highest BCUT2D eigenvalue weighted by Gasteiger charge is 2.31. The first-order chi connectivity index (χ1) is 16.0. The molecule has 0 spiro atoms. The van der Waals surface area contributed by atoms with Gasteiger partial charge < -0.3 is 19.7 Å². The molecule has 184 valence electrons. The Balaban J connectivity index is 1.79. The second kappa shape index (κ2) is 10.3. The quantitative estimate of drug-likeness (QED) is 0.692. The Morgan fingerprint density at radius 1 is 1.06 bits per heavy atom. The van der Waals surface area contributed by atoms with Crippen molar-refractivity contribution in [2.75, 3.05) is 38.1 Å². The van der Waals surface area contributed by atoms with Gasteiger partial charge >= 0.3 is 6.18 Å². The molecular weight excluding hydrogens is 449 g/mol. The van der Waals surface area contributed by atoms with E-state index in [0.29, 0.717) is 31.2 Å². The lowest BCUT2D eigenvalue weighted by Gasteiger charge is -2.36. The molecule has 0 saturated carbocycles. The number of nitrogens with zero attached hydrogens (tertiary/aromatic N) is 3. The zero-order valence-corrected chi connectivity index (χ0v) is 19.5. The average Bonchev–Trinajstić information content (AvgIpc) is 2.82. The number of nitrogens with one attached hydrogen (secondary N) is 1. The number of anilines is 1. The van der Waals surface area contributed by atoms with Gasteiger partial charge in [-0.3, -0.25) is 14.4 Å². The summed E-state index contributed by atoms with van der Waals surface area (Å²) < 4.78 is 40.8. The molecule has 2 amide bonds. The third kappa shape index (κ3) is 5.78. The molecule has 1 aliphatic rings. The Hall–Kier alpha value is -3.30. The van der Waals surface area contributed by atoms with E-state index in [0.717, 1.165) is 18.6 Å². The number of alkyl halides is 3. The van der Waals surface area contributed by atoms with E-state index in [1.807, 2.05) is 0 Å². The Bertz CT molecular complexity index is 1100. The molecule has 0 aliphatic carbocycles.